The van der Waals surface area contributed by atoms with Crippen LogP contribution in [0.5, 0.6) is 0 Å². The Labute approximate surface area is 113 Å². The van der Waals surface area contributed by atoms with Crippen molar-refractivity contribution in [2.24, 2.45) is 0 Å². The fourth-order valence-corrected chi connectivity index (χ4v) is 1.97. The molecular formula is C15H19N3O. The van der Waals surface area contributed by atoms with Crippen LogP contribution in [0.25, 0.3) is 0 Å². The smallest absolute Gasteiger partial charge is 0.224 e. The van der Waals surface area contributed by atoms with Gasteiger partial charge in [0.25, 0.3) is 0 Å². The lowest BCUT2D eigenvalue weighted by atomic mass is 10.0. The first-order valence-electron chi connectivity index (χ1n) is 6.40. The minimum Gasteiger partial charge on any atom is -0.349 e. The summed E-state index contributed by atoms with van der Waals surface area (Å²) in [7, 11) is 0. The predicted octanol–water partition coefficient (Wildman–Crippen LogP) is 2.45. The molecule has 1 amide bonds. The molecular weight excluding hydrogens is 238 g/mol. The Morgan fingerprint density at radius 3 is 2.79 bits per heavy atom. The van der Waals surface area contributed by atoms with E-state index in [1.807, 2.05) is 13.0 Å². The highest BCUT2D eigenvalue weighted by Gasteiger charge is 2.11. The number of H-pyrrole nitrogens is 1. The summed E-state index contributed by atoms with van der Waals surface area (Å²) in [6.07, 6.45) is 3.92. The molecule has 0 saturated carbocycles. The van der Waals surface area contributed by atoms with Gasteiger partial charge < -0.3 is 5.32 Å². The van der Waals surface area contributed by atoms with E-state index in [9.17, 15) is 4.79 Å². The Morgan fingerprint density at radius 2 is 2.16 bits per heavy atom. The first-order valence-corrected chi connectivity index (χ1v) is 6.40. The van der Waals surface area contributed by atoms with E-state index in [-0.39, 0.29) is 11.9 Å². The molecule has 2 aromatic rings. The van der Waals surface area contributed by atoms with Crippen molar-refractivity contribution < 1.29 is 4.79 Å². The van der Waals surface area contributed by atoms with Gasteiger partial charge in [-0.15, -0.1) is 0 Å². The molecule has 2 rings (SSSR count). The van der Waals surface area contributed by atoms with Gasteiger partial charge >= 0.3 is 0 Å². The van der Waals surface area contributed by atoms with Crippen LogP contribution >= 0.6 is 0 Å². The molecule has 0 aliphatic rings. The Hall–Kier alpha value is -2.10. The maximum atomic E-state index is 12.0. The number of aromatic amines is 1. The Morgan fingerprint density at radius 1 is 1.37 bits per heavy atom. The molecule has 4 nitrogen and oxygen atoms in total. The molecule has 0 saturated heterocycles. The van der Waals surface area contributed by atoms with Gasteiger partial charge in [-0.3, -0.25) is 9.89 Å². The van der Waals surface area contributed by atoms with Crippen LogP contribution in [0.15, 0.2) is 30.6 Å². The van der Waals surface area contributed by atoms with Gasteiger partial charge in [0.15, 0.2) is 0 Å². The molecule has 2 N–H and O–H groups in total. The maximum absolute atomic E-state index is 12.0. The summed E-state index contributed by atoms with van der Waals surface area (Å²) in [6, 6.07) is 6.09. The third-order valence-corrected chi connectivity index (χ3v) is 3.33. The molecule has 1 aromatic heterocycles. The third kappa shape index (κ3) is 3.44. The first kappa shape index (κ1) is 13.3. The molecule has 0 bridgehead atoms. The van der Waals surface area contributed by atoms with Gasteiger partial charge in [-0.05, 0) is 37.5 Å². The van der Waals surface area contributed by atoms with Crippen LogP contribution in [0.3, 0.4) is 0 Å². The first-order chi connectivity index (χ1) is 9.06. The van der Waals surface area contributed by atoms with Crippen molar-refractivity contribution in [2.75, 3.05) is 0 Å². The Bertz CT molecular complexity index is 561. The van der Waals surface area contributed by atoms with Crippen molar-refractivity contribution in [1.29, 1.82) is 0 Å². The summed E-state index contributed by atoms with van der Waals surface area (Å²) < 4.78 is 0. The number of aryl methyl sites for hydroxylation is 2. The van der Waals surface area contributed by atoms with Crippen molar-refractivity contribution in [3.8, 4) is 0 Å². The van der Waals surface area contributed by atoms with E-state index in [4.69, 9.17) is 0 Å². The van der Waals surface area contributed by atoms with Crippen LogP contribution in [0.2, 0.25) is 0 Å². The summed E-state index contributed by atoms with van der Waals surface area (Å²) >= 11 is 0. The minimum absolute atomic E-state index is 0.0250. The number of benzene rings is 1. The largest absolute Gasteiger partial charge is 0.349 e. The fourth-order valence-electron chi connectivity index (χ4n) is 1.97. The summed E-state index contributed by atoms with van der Waals surface area (Å²) in [5.41, 5.74) is 4.48. The second-order valence-corrected chi connectivity index (χ2v) is 4.92. The molecule has 0 spiro atoms. The minimum atomic E-state index is -0.0298. The molecule has 0 radical (unpaired) electrons. The van der Waals surface area contributed by atoms with Crippen molar-refractivity contribution >= 4 is 5.91 Å². The van der Waals surface area contributed by atoms with Crippen LogP contribution in [0.4, 0.5) is 0 Å². The molecule has 1 unspecified atom stereocenters. The van der Waals surface area contributed by atoms with Gasteiger partial charge in [-0.1, -0.05) is 18.2 Å². The molecule has 0 aliphatic heterocycles. The van der Waals surface area contributed by atoms with Gasteiger partial charge in [0.1, 0.15) is 0 Å². The summed E-state index contributed by atoms with van der Waals surface area (Å²) in [5, 5.41) is 9.59. The third-order valence-electron chi connectivity index (χ3n) is 3.33. The van der Waals surface area contributed by atoms with E-state index in [2.05, 4.69) is 41.5 Å². The van der Waals surface area contributed by atoms with E-state index in [1.54, 1.807) is 12.4 Å². The average Bonchev–Trinajstić information content (AvgIpc) is 2.87. The molecule has 1 aromatic carbocycles. The molecule has 0 fully saturated rings. The normalized spacial score (nSPS) is 12.2. The highest BCUT2D eigenvalue weighted by Crippen LogP contribution is 2.12. The fraction of sp³-hybridized carbons (Fsp3) is 0.333. The highest BCUT2D eigenvalue weighted by molar-refractivity contribution is 5.79. The lowest BCUT2D eigenvalue weighted by Crippen LogP contribution is -2.27. The van der Waals surface area contributed by atoms with E-state index in [0.717, 1.165) is 11.1 Å². The van der Waals surface area contributed by atoms with E-state index in [0.29, 0.717) is 6.42 Å². The van der Waals surface area contributed by atoms with Crippen molar-refractivity contribution in [2.45, 2.75) is 33.2 Å². The number of hydrogen-bond acceptors (Lipinski definition) is 2. The van der Waals surface area contributed by atoms with Crippen molar-refractivity contribution in [3.63, 3.8) is 0 Å². The van der Waals surface area contributed by atoms with Crippen LogP contribution < -0.4 is 5.32 Å². The van der Waals surface area contributed by atoms with Crippen LogP contribution in [-0.2, 0) is 11.2 Å². The molecule has 1 atom stereocenters. The summed E-state index contributed by atoms with van der Waals surface area (Å²) in [5.74, 6) is 0.0250. The Balaban J connectivity index is 1.95. The highest BCUT2D eigenvalue weighted by atomic mass is 16.1. The second kappa shape index (κ2) is 5.69. The SMILES string of the molecule is Cc1ccc(CC(=O)NC(C)c2cn[nH]c2)cc1C. The zero-order valence-electron chi connectivity index (χ0n) is 11.5. The topological polar surface area (TPSA) is 57.8 Å². The van der Waals surface area contributed by atoms with Crippen molar-refractivity contribution in [1.82, 2.24) is 15.5 Å². The monoisotopic (exact) mass is 257 g/mol. The summed E-state index contributed by atoms with van der Waals surface area (Å²) in [4.78, 5) is 12.0. The van der Waals surface area contributed by atoms with E-state index in [1.165, 1.54) is 11.1 Å². The summed E-state index contributed by atoms with van der Waals surface area (Å²) in [6.45, 7) is 6.08. The number of carbonyl (C=O) groups excluding carboxylic acids is 1. The van der Waals surface area contributed by atoms with Crippen LogP contribution in [0.1, 0.15) is 35.2 Å². The molecule has 0 aliphatic carbocycles. The van der Waals surface area contributed by atoms with Gasteiger partial charge in [-0.25, -0.2) is 0 Å². The number of aromatic nitrogens is 2. The van der Waals surface area contributed by atoms with Crippen LogP contribution in [0, 0.1) is 13.8 Å². The van der Waals surface area contributed by atoms with E-state index >= 15 is 0 Å². The number of rotatable bonds is 4. The van der Waals surface area contributed by atoms with Gasteiger partial charge in [0, 0.05) is 11.8 Å². The molecule has 19 heavy (non-hydrogen) atoms. The molecule has 4 heteroatoms. The number of carbonyl (C=O) groups is 1. The number of hydrogen-bond donors (Lipinski definition) is 2. The average molecular weight is 257 g/mol. The predicted molar refractivity (Wildman–Crippen MR) is 74.8 cm³/mol. The maximum Gasteiger partial charge on any atom is 0.224 e. The quantitative estimate of drug-likeness (QED) is 0.884. The standard InChI is InChI=1S/C15H19N3O/c1-10-4-5-13(6-11(10)2)7-15(19)18-12(3)14-8-16-17-9-14/h4-6,8-9,12H,7H2,1-3H3,(H,16,17)(H,18,19). The molecule has 100 valence electrons. The second-order valence-electron chi connectivity index (χ2n) is 4.92. The number of nitrogens with zero attached hydrogens (tertiary/aromatic N) is 1. The zero-order chi connectivity index (χ0) is 13.8. The molecule has 1 heterocycles. The number of nitrogens with one attached hydrogen (secondary N) is 2. The van der Waals surface area contributed by atoms with Gasteiger partial charge in [-0.2, -0.15) is 5.10 Å². The van der Waals surface area contributed by atoms with Crippen molar-refractivity contribution in [3.05, 3.63) is 52.8 Å². The van der Waals surface area contributed by atoms with Gasteiger partial charge in [0.2, 0.25) is 5.91 Å². The lowest BCUT2D eigenvalue weighted by Gasteiger charge is -2.12. The number of amides is 1. The zero-order valence-corrected chi connectivity index (χ0v) is 11.5. The lowest BCUT2D eigenvalue weighted by molar-refractivity contribution is -0.121. The van der Waals surface area contributed by atoms with E-state index < -0.39 is 0 Å². The Kier molecular flexibility index (Phi) is 4.00. The van der Waals surface area contributed by atoms with Crippen LogP contribution in [-0.4, -0.2) is 16.1 Å². The van der Waals surface area contributed by atoms with Gasteiger partial charge in [0.05, 0.1) is 18.7 Å².